The van der Waals surface area contributed by atoms with Crippen molar-refractivity contribution in [3.05, 3.63) is 46.3 Å². The molecule has 2 heterocycles. The van der Waals surface area contributed by atoms with Gasteiger partial charge in [-0.05, 0) is 78.2 Å². The van der Waals surface area contributed by atoms with E-state index in [1.807, 2.05) is 58.0 Å². The van der Waals surface area contributed by atoms with E-state index in [0.717, 1.165) is 5.56 Å². The number of benzene rings is 1. The number of rotatable bonds is 7. The molecule has 3 rings (SSSR count). The Balaban J connectivity index is 1.80. The second-order valence-corrected chi connectivity index (χ2v) is 12.0. The summed E-state index contributed by atoms with van der Waals surface area (Å²) in [5.41, 5.74) is 7.02. The Morgan fingerprint density at radius 2 is 1.78 bits per heavy atom. The van der Waals surface area contributed by atoms with Crippen LogP contribution in [-0.2, 0) is 30.2 Å². The zero-order chi connectivity index (χ0) is 27.5. The fraction of sp³-hybridized carbons (Fsp3) is 0.692. The number of carbonyl (C=O) groups is 2. The van der Waals surface area contributed by atoms with Crippen LogP contribution in [0.3, 0.4) is 0 Å². The van der Waals surface area contributed by atoms with Gasteiger partial charge in [0.15, 0.2) is 5.54 Å². The highest BCUT2D eigenvalue weighted by Crippen LogP contribution is 2.40. The standard InChI is InChI=1S/C26H39BN4O6/c1-23(2,3)35-22(33)31-16-20(13-14-27-36-24(4,5)25(6,7)37-27)15-26(18-31,29-30-28)21(32)34-17-19-11-9-8-10-12-19/h8-12,20H,13-18H2,1-7H3/t20-,26-/m0/s1. The van der Waals surface area contributed by atoms with Gasteiger partial charge in [-0.15, -0.1) is 0 Å². The van der Waals surface area contributed by atoms with Gasteiger partial charge in [0.05, 0.1) is 11.2 Å². The molecule has 0 unspecified atom stereocenters. The third-order valence-corrected chi connectivity index (χ3v) is 7.15. The molecule has 0 N–H and O–H groups in total. The average Bonchev–Trinajstić information content (AvgIpc) is 3.01. The van der Waals surface area contributed by atoms with Gasteiger partial charge in [-0.2, -0.15) is 0 Å². The Morgan fingerprint density at radius 3 is 2.35 bits per heavy atom. The Labute approximate surface area is 219 Å². The highest BCUT2D eigenvalue weighted by atomic mass is 16.7. The van der Waals surface area contributed by atoms with Gasteiger partial charge in [0.1, 0.15) is 12.2 Å². The Bertz CT molecular complexity index is 1010. The number of ether oxygens (including phenoxy) is 2. The number of azide groups is 1. The van der Waals surface area contributed by atoms with Crippen LogP contribution in [0.15, 0.2) is 35.4 Å². The Morgan fingerprint density at radius 1 is 1.16 bits per heavy atom. The molecule has 37 heavy (non-hydrogen) atoms. The number of carbonyl (C=O) groups excluding carboxylic acids is 2. The molecule has 0 aromatic heterocycles. The molecule has 0 spiro atoms. The van der Waals surface area contributed by atoms with Crippen LogP contribution in [0, 0.1) is 5.92 Å². The fourth-order valence-electron chi connectivity index (χ4n) is 4.62. The van der Waals surface area contributed by atoms with Crippen molar-refractivity contribution >= 4 is 19.2 Å². The smallest absolute Gasteiger partial charge is 0.457 e. The van der Waals surface area contributed by atoms with Crippen LogP contribution >= 0.6 is 0 Å². The summed E-state index contributed by atoms with van der Waals surface area (Å²) >= 11 is 0. The Hall–Kier alpha value is -2.75. The molecule has 0 radical (unpaired) electrons. The van der Waals surface area contributed by atoms with Gasteiger partial charge in [-0.25, -0.2) is 4.79 Å². The summed E-state index contributed by atoms with van der Waals surface area (Å²) in [5.74, 6) is -0.835. The van der Waals surface area contributed by atoms with Crippen LogP contribution in [0.2, 0.25) is 6.32 Å². The maximum Gasteiger partial charge on any atom is 0.457 e. The van der Waals surface area contributed by atoms with Crippen molar-refractivity contribution in [2.45, 2.75) is 96.6 Å². The first kappa shape index (κ1) is 28.8. The molecule has 11 heteroatoms. The van der Waals surface area contributed by atoms with Crippen LogP contribution in [0.1, 0.15) is 66.9 Å². The van der Waals surface area contributed by atoms with Crippen molar-refractivity contribution < 1.29 is 28.4 Å². The number of piperidine rings is 1. The molecular weight excluding hydrogens is 475 g/mol. The molecule has 2 saturated heterocycles. The minimum Gasteiger partial charge on any atom is -0.460 e. The molecule has 1 aromatic carbocycles. The molecule has 2 atom stereocenters. The number of hydrogen-bond donors (Lipinski definition) is 0. The topological polar surface area (TPSA) is 123 Å². The van der Waals surface area contributed by atoms with Crippen LogP contribution in [-0.4, -0.2) is 59.5 Å². The number of likely N-dealkylation sites (tertiary alicyclic amines) is 1. The van der Waals surface area contributed by atoms with Gasteiger partial charge in [0.2, 0.25) is 0 Å². The molecular formula is C26H39BN4O6. The molecule has 1 aromatic rings. The van der Waals surface area contributed by atoms with E-state index >= 15 is 0 Å². The molecule has 10 nitrogen and oxygen atoms in total. The first-order valence-electron chi connectivity index (χ1n) is 12.8. The van der Waals surface area contributed by atoms with Gasteiger partial charge in [0, 0.05) is 18.0 Å². The van der Waals surface area contributed by atoms with E-state index in [-0.39, 0.29) is 25.5 Å². The first-order chi connectivity index (χ1) is 17.2. The first-order valence-corrected chi connectivity index (χ1v) is 12.8. The second-order valence-electron chi connectivity index (χ2n) is 12.0. The van der Waals surface area contributed by atoms with Crippen molar-refractivity contribution in [2.24, 2.45) is 11.0 Å². The van der Waals surface area contributed by atoms with E-state index in [4.69, 9.17) is 18.8 Å². The van der Waals surface area contributed by atoms with Crippen molar-refractivity contribution in [2.75, 3.05) is 13.1 Å². The zero-order valence-electron chi connectivity index (χ0n) is 23.0. The molecule has 2 aliphatic rings. The van der Waals surface area contributed by atoms with E-state index in [1.165, 1.54) is 4.90 Å². The summed E-state index contributed by atoms with van der Waals surface area (Å²) < 4.78 is 23.4. The van der Waals surface area contributed by atoms with E-state index in [0.29, 0.717) is 19.3 Å². The fourth-order valence-corrected chi connectivity index (χ4v) is 4.62. The zero-order valence-corrected chi connectivity index (χ0v) is 23.0. The molecule has 0 saturated carbocycles. The van der Waals surface area contributed by atoms with Crippen LogP contribution in [0.4, 0.5) is 4.79 Å². The van der Waals surface area contributed by atoms with Crippen molar-refractivity contribution in [3.8, 4) is 0 Å². The quantitative estimate of drug-likeness (QED) is 0.155. The van der Waals surface area contributed by atoms with E-state index in [2.05, 4.69) is 10.0 Å². The lowest BCUT2D eigenvalue weighted by atomic mass is 9.74. The van der Waals surface area contributed by atoms with Crippen molar-refractivity contribution in [3.63, 3.8) is 0 Å². The van der Waals surface area contributed by atoms with Gasteiger partial charge >= 0.3 is 19.2 Å². The van der Waals surface area contributed by atoms with E-state index in [1.54, 1.807) is 20.8 Å². The third-order valence-electron chi connectivity index (χ3n) is 7.15. The average molecular weight is 514 g/mol. The maximum atomic E-state index is 13.4. The van der Waals surface area contributed by atoms with Crippen LogP contribution in [0.5, 0.6) is 0 Å². The summed E-state index contributed by atoms with van der Waals surface area (Å²) in [4.78, 5) is 30.9. The predicted molar refractivity (Wildman–Crippen MR) is 140 cm³/mol. The monoisotopic (exact) mass is 514 g/mol. The number of hydrogen-bond acceptors (Lipinski definition) is 7. The molecule has 1 amide bonds. The van der Waals surface area contributed by atoms with Crippen LogP contribution < -0.4 is 0 Å². The minimum absolute atomic E-state index is 0.0351. The summed E-state index contributed by atoms with van der Waals surface area (Å²) in [6.45, 7) is 13.6. The lowest BCUT2D eigenvalue weighted by Crippen LogP contribution is -2.57. The highest BCUT2D eigenvalue weighted by molar-refractivity contribution is 6.45. The molecule has 0 bridgehead atoms. The molecule has 2 aliphatic heterocycles. The number of esters is 1. The second kappa shape index (κ2) is 10.9. The SMILES string of the molecule is CC(C)(C)OC(=O)N1C[C@@H](CCB2OC(C)(C)C(C)(C)O2)C[C@@](N=[N+]=[N-])(C(=O)OCc2ccccc2)C1. The van der Waals surface area contributed by atoms with Crippen molar-refractivity contribution in [1.29, 1.82) is 0 Å². The van der Waals surface area contributed by atoms with Gasteiger partial charge in [0.25, 0.3) is 0 Å². The van der Waals surface area contributed by atoms with E-state index < -0.39 is 41.5 Å². The maximum absolute atomic E-state index is 13.4. The lowest BCUT2D eigenvalue weighted by molar-refractivity contribution is -0.154. The number of nitrogens with zero attached hydrogens (tertiary/aromatic N) is 4. The minimum atomic E-state index is -1.57. The summed E-state index contributed by atoms with van der Waals surface area (Å²) in [7, 11) is -0.416. The summed E-state index contributed by atoms with van der Waals surface area (Å²) in [6, 6.07) is 9.26. The van der Waals surface area contributed by atoms with E-state index in [9.17, 15) is 15.1 Å². The van der Waals surface area contributed by atoms with Gasteiger partial charge in [-0.3, -0.25) is 4.79 Å². The summed E-state index contributed by atoms with van der Waals surface area (Å²) in [6.07, 6.45) is 0.820. The molecule has 202 valence electrons. The third kappa shape index (κ3) is 7.18. The lowest BCUT2D eigenvalue weighted by Gasteiger charge is -2.42. The Kier molecular flexibility index (Phi) is 8.52. The van der Waals surface area contributed by atoms with Gasteiger partial charge < -0.3 is 23.7 Å². The van der Waals surface area contributed by atoms with Crippen molar-refractivity contribution in [1.82, 2.24) is 4.90 Å². The summed E-state index contributed by atoms with van der Waals surface area (Å²) in [5, 5.41) is 3.93. The molecule has 0 aliphatic carbocycles. The largest absolute Gasteiger partial charge is 0.460 e. The van der Waals surface area contributed by atoms with Gasteiger partial charge in [-0.1, -0.05) is 41.9 Å². The van der Waals surface area contributed by atoms with Crippen LogP contribution in [0.25, 0.3) is 10.4 Å². The molecule has 2 fully saturated rings. The normalized spacial score (nSPS) is 24.8. The predicted octanol–water partition coefficient (Wildman–Crippen LogP) is 5.52. The highest BCUT2D eigenvalue weighted by Gasteiger charge is 2.52. The number of amides is 1.